The fourth-order valence-corrected chi connectivity index (χ4v) is 2.70. The van der Waals surface area contributed by atoms with E-state index < -0.39 is 0 Å². The van der Waals surface area contributed by atoms with Gasteiger partial charge >= 0.3 is 0 Å². The molecule has 0 radical (unpaired) electrons. The summed E-state index contributed by atoms with van der Waals surface area (Å²) in [5.74, 6) is 0.742. The van der Waals surface area contributed by atoms with Gasteiger partial charge < -0.3 is 4.90 Å². The molecule has 0 N–H and O–H groups in total. The van der Waals surface area contributed by atoms with Gasteiger partial charge in [-0.25, -0.2) is 9.97 Å². The fourth-order valence-electron chi connectivity index (χ4n) is 1.50. The number of nitrogens with zero attached hydrogens (tertiary/aromatic N) is 3. The smallest absolute Gasteiger partial charge is 0.164 e. The zero-order valence-corrected chi connectivity index (χ0v) is 14.6. The minimum Gasteiger partial charge on any atom is -0.354 e. The molecule has 1 aromatic rings. The zero-order chi connectivity index (χ0) is 13.7. The van der Waals surface area contributed by atoms with Crippen molar-refractivity contribution in [3.63, 3.8) is 0 Å². The van der Waals surface area contributed by atoms with Gasteiger partial charge in [0.1, 0.15) is 9.21 Å². The van der Waals surface area contributed by atoms with Gasteiger partial charge in [0.15, 0.2) is 11.0 Å². The third kappa shape index (κ3) is 4.21. The molecule has 1 rings (SSSR count). The second-order valence-electron chi connectivity index (χ2n) is 3.87. The molecule has 6 heteroatoms. The van der Waals surface area contributed by atoms with E-state index in [4.69, 9.17) is 11.6 Å². The van der Waals surface area contributed by atoms with Crippen molar-refractivity contribution in [2.75, 3.05) is 18.5 Å². The first kappa shape index (κ1) is 15.9. The maximum absolute atomic E-state index is 5.96. The van der Waals surface area contributed by atoms with Crippen LogP contribution in [0, 0.1) is 0 Å². The van der Waals surface area contributed by atoms with Gasteiger partial charge in [-0.1, -0.05) is 37.1 Å². The number of allylic oxidation sites excluding steroid dienone is 1. The minimum absolute atomic E-state index is 0.371. The number of rotatable bonds is 5. The van der Waals surface area contributed by atoms with Crippen LogP contribution >= 0.6 is 43.5 Å². The highest BCUT2D eigenvalue weighted by Crippen LogP contribution is 2.27. The van der Waals surface area contributed by atoms with Crippen molar-refractivity contribution >= 4 is 49.3 Å². The molecule has 100 valence electrons. The molecule has 0 saturated carbocycles. The molecule has 0 fully saturated rings. The van der Waals surface area contributed by atoms with Crippen molar-refractivity contribution in [2.24, 2.45) is 0 Å². The van der Waals surface area contributed by atoms with E-state index in [1.54, 1.807) is 0 Å². The molecule has 18 heavy (non-hydrogen) atoms. The summed E-state index contributed by atoms with van der Waals surface area (Å²) < 4.78 is 1.23. The molecule has 0 amide bonds. The van der Waals surface area contributed by atoms with Crippen molar-refractivity contribution in [1.29, 1.82) is 0 Å². The molecule has 0 spiro atoms. The number of likely N-dealkylation sites (N-methyl/N-ethyl adjacent to an activating group) is 1. The van der Waals surface area contributed by atoms with E-state index in [-0.39, 0.29) is 0 Å². The van der Waals surface area contributed by atoms with E-state index >= 15 is 0 Å². The fraction of sp³-hybridized carbons (Fsp3) is 0.500. The summed E-state index contributed by atoms with van der Waals surface area (Å²) in [6.07, 6.45) is 4.39. The highest BCUT2D eigenvalue weighted by molar-refractivity contribution is 9.11. The number of hydrogen-bond donors (Lipinski definition) is 0. The van der Waals surface area contributed by atoms with Crippen LogP contribution in [-0.2, 0) is 0 Å². The Kier molecular flexibility index (Phi) is 6.60. The van der Waals surface area contributed by atoms with Crippen LogP contribution in [0.3, 0.4) is 0 Å². The zero-order valence-electron chi connectivity index (χ0n) is 10.7. The maximum Gasteiger partial charge on any atom is 0.164 e. The largest absolute Gasteiger partial charge is 0.354 e. The molecule has 0 atom stereocenters. The lowest BCUT2D eigenvalue weighted by atomic mass is 10.1. The number of halogens is 3. The quantitative estimate of drug-likeness (QED) is 0.666. The average molecular weight is 398 g/mol. The average Bonchev–Trinajstić information content (AvgIpc) is 2.34. The van der Waals surface area contributed by atoms with Gasteiger partial charge in [-0.2, -0.15) is 0 Å². The van der Waals surface area contributed by atoms with E-state index in [1.165, 1.54) is 5.57 Å². The first-order chi connectivity index (χ1) is 8.49. The second kappa shape index (κ2) is 7.46. The standard InChI is InChI=1S/C12H16Br2ClN3/c1-4-8(5-2)6-7-18(3)12-10(14)16-9(13)11(15)17-12/h6H,4-5,7H2,1-3H3. The topological polar surface area (TPSA) is 29.0 Å². The third-order valence-corrected chi connectivity index (χ3v) is 4.26. The Bertz CT molecular complexity index is 443. The van der Waals surface area contributed by atoms with Crippen LogP contribution in [0.1, 0.15) is 26.7 Å². The maximum atomic E-state index is 5.96. The molecule has 1 aromatic heterocycles. The number of anilines is 1. The van der Waals surface area contributed by atoms with Gasteiger partial charge in [0.2, 0.25) is 0 Å². The Morgan fingerprint density at radius 2 is 1.83 bits per heavy atom. The van der Waals surface area contributed by atoms with Crippen molar-refractivity contribution < 1.29 is 0 Å². The Labute approximate surface area is 130 Å². The third-order valence-electron chi connectivity index (χ3n) is 2.68. The molecule has 0 aliphatic rings. The lowest BCUT2D eigenvalue weighted by molar-refractivity contribution is 0.918. The summed E-state index contributed by atoms with van der Waals surface area (Å²) in [4.78, 5) is 10.6. The Morgan fingerprint density at radius 1 is 1.22 bits per heavy atom. The summed E-state index contributed by atoms with van der Waals surface area (Å²) in [7, 11) is 1.97. The summed E-state index contributed by atoms with van der Waals surface area (Å²) in [5.41, 5.74) is 1.44. The lowest BCUT2D eigenvalue weighted by Gasteiger charge is -2.18. The van der Waals surface area contributed by atoms with Crippen LogP contribution in [-0.4, -0.2) is 23.6 Å². The van der Waals surface area contributed by atoms with Crippen LogP contribution in [0.4, 0.5) is 5.82 Å². The molecule has 0 aliphatic carbocycles. The molecule has 0 saturated heterocycles. The van der Waals surface area contributed by atoms with E-state index in [9.17, 15) is 0 Å². The van der Waals surface area contributed by atoms with Gasteiger partial charge in [0.05, 0.1) is 0 Å². The molecule has 3 nitrogen and oxygen atoms in total. The molecule has 0 unspecified atom stereocenters. The van der Waals surface area contributed by atoms with Crippen molar-refractivity contribution in [3.05, 3.63) is 26.0 Å². The minimum atomic E-state index is 0.371. The van der Waals surface area contributed by atoms with Gasteiger partial charge in [0.25, 0.3) is 0 Å². The summed E-state index contributed by atoms with van der Waals surface area (Å²) >= 11 is 12.6. The summed E-state index contributed by atoms with van der Waals surface area (Å²) in [6.45, 7) is 5.13. The van der Waals surface area contributed by atoms with E-state index in [1.807, 2.05) is 11.9 Å². The van der Waals surface area contributed by atoms with E-state index in [0.29, 0.717) is 14.4 Å². The molecular weight excluding hydrogens is 381 g/mol. The van der Waals surface area contributed by atoms with Crippen molar-refractivity contribution in [3.8, 4) is 0 Å². The Morgan fingerprint density at radius 3 is 2.39 bits per heavy atom. The summed E-state index contributed by atoms with van der Waals surface area (Å²) in [5, 5.41) is 0.371. The highest BCUT2D eigenvalue weighted by Gasteiger charge is 2.12. The summed E-state index contributed by atoms with van der Waals surface area (Å²) in [6, 6.07) is 0. The Balaban J connectivity index is 2.88. The van der Waals surface area contributed by atoms with Crippen LogP contribution in [0.2, 0.25) is 5.15 Å². The number of hydrogen-bond acceptors (Lipinski definition) is 3. The molecule has 0 aromatic carbocycles. The first-order valence-corrected chi connectivity index (χ1v) is 7.73. The number of aromatic nitrogens is 2. The van der Waals surface area contributed by atoms with Crippen molar-refractivity contribution in [2.45, 2.75) is 26.7 Å². The molecule has 0 bridgehead atoms. The van der Waals surface area contributed by atoms with E-state index in [0.717, 1.165) is 25.2 Å². The predicted molar refractivity (Wildman–Crippen MR) is 84.4 cm³/mol. The SMILES string of the molecule is CCC(=CCN(C)c1nc(Cl)c(Br)nc1Br)CC. The monoisotopic (exact) mass is 395 g/mol. The van der Waals surface area contributed by atoms with Crippen LogP contribution in [0.25, 0.3) is 0 Å². The normalized spacial score (nSPS) is 10.3. The van der Waals surface area contributed by atoms with Crippen LogP contribution in [0.15, 0.2) is 20.9 Å². The van der Waals surface area contributed by atoms with Gasteiger partial charge in [-0.05, 0) is 44.7 Å². The predicted octanol–water partition coefficient (Wildman–Crippen LogP) is 4.84. The van der Waals surface area contributed by atoms with E-state index in [2.05, 4.69) is 61.8 Å². The van der Waals surface area contributed by atoms with Gasteiger partial charge in [-0.15, -0.1) is 0 Å². The molecule has 1 heterocycles. The van der Waals surface area contributed by atoms with Crippen LogP contribution in [0.5, 0.6) is 0 Å². The van der Waals surface area contributed by atoms with Gasteiger partial charge in [-0.3, -0.25) is 0 Å². The van der Waals surface area contributed by atoms with Crippen LogP contribution < -0.4 is 4.90 Å². The second-order valence-corrected chi connectivity index (χ2v) is 5.73. The van der Waals surface area contributed by atoms with Crippen molar-refractivity contribution in [1.82, 2.24) is 9.97 Å². The highest BCUT2D eigenvalue weighted by atomic mass is 79.9. The molecular formula is C12H16Br2ClN3. The molecule has 0 aliphatic heterocycles. The first-order valence-electron chi connectivity index (χ1n) is 5.77. The van der Waals surface area contributed by atoms with Gasteiger partial charge in [0, 0.05) is 13.6 Å². The Hall–Kier alpha value is -0.130. The lowest BCUT2D eigenvalue weighted by Crippen LogP contribution is -2.19.